The number of amides is 3. The number of rotatable bonds is 8. The summed E-state index contributed by atoms with van der Waals surface area (Å²) >= 11 is 0. The third-order valence-corrected chi connectivity index (χ3v) is 2.68. The smallest absolute Gasteiger partial charge is 0.323 e. The maximum absolute atomic E-state index is 11.9. The van der Waals surface area contributed by atoms with Crippen molar-refractivity contribution in [2.45, 2.75) is 33.2 Å². The molecule has 8 nitrogen and oxygen atoms in total. The van der Waals surface area contributed by atoms with Crippen molar-refractivity contribution >= 4 is 23.7 Å². The number of carbonyl (C=O) groups is 4. The molecule has 0 aliphatic rings. The van der Waals surface area contributed by atoms with Crippen molar-refractivity contribution in [1.82, 2.24) is 15.5 Å². The van der Waals surface area contributed by atoms with E-state index in [2.05, 4.69) is 10.6 Å². The van der Waals surface area contributed by atoms with Gasteiger partial charge in [0.25, 0.3) is 0 Å². The second-order valence-electron chi connectivity index (χ2n) is 4.36. The van der Waals surface area contributed by atoms with Crippen LogP contribution in [-0.4, -0.2) is 59.4 Å². The zero-order valence-electron chi connectivity index (χ0n) is 11.9. The van der Waals surface area contributed by atoms with Crippen molar-refractivity contribution in [3.8, 4) is 0 Å². The first-order chi connectivity index (χ1) is 9.27. The van der Waals surface area contributed by atoms with Crippen LogP contribution in [-0.2, 0) is 19.2 Å². The van der Waals surface area contributed by atoms with Crippen LogP contribution in [0.2, 0.25) is 0 Å². The minimum Gasteiger partial charge on any atom is -0.480 e. The molecule has 3 amide bonds. The van der Waals surface area contributed by atoms with Gasteiger partial charge in [-0.3, -0.25) is 19.2 Å². The third-order valence-electron chi connectivity index (χ3n) is 2.68. The van der Waals surface area contributed by atoms with Crippen molar-refractivity contribution < 1.29 is 24.3 Å². The fraction of sp³-hybridized carbons (Fsp3) is 0.667. The molecular formula is C12H21N3O5. The van der Waals surface area contributed by atoms with E-state index in [1.807, 2.05) is 6.92 Å². The summed E-state index contributed by atoms with van der Waals surface area (Å²) in [5.41, 5.74) is 0. The molecule has 114 valence electrons. The van der Waals surface area contributed by atoms with Gasteiger partial charge in [-0.2, -0.15) is 0 Å². The second-order valence-corrected chi connectivity index (χ2v) is 4.36. The normalized spacial score (nSPS) is 11.3. The molecule has 0 spiro atoms. The van der Waals surface area contributed by atoms with Crippen LogP contribution in [0.15, 0.2) is 0 Å². The van der Waals surface area contributed by atoms with Gasteiger partial charge in [0.05, 0.1) is 13.1 Å². The molecule has 0 aromatic rings. The summed E-state index contributed by atoms with van der Waals surface area (Å²) in [4.78, 5) is 45.7. The van der Waals surface area contributed by atoms with Crippen LogP contribution in [0.4, 0.5) is 0 Å². The number of carboxylic acids is 1. The summed E-state index contributed by atoms with van der Waals surface area (Å²) in [5, 5.41) is 13.4. The fourth-order valence-electron chi connectivity index (χ4n) is 1.40. The van der Waals surface area contributed by atoms with E-state index >= 15 is 0 Å². The highest BCUT2D eigenvalue weighted by Gasteiger charge is 2.21. The zero-order valence-corrected chi connectivity index (χ0v) is 11.9. The minimum absolute atomic E-state index is 0.217. The number of aliphatic carboxylic acids is 1. The quantitative estimate of drug-likeness (QED) is 0.527. The topological polar surface area (TPSA) is 116 Å². The van der Waals surface area contributed by atoms with Gasteiger partial charge in [0.15, 0.2) is 0 Å². The van der Waals surface area contributed by atoms with Crippen molar-refractivity contribution in [2.24, 2.45) is 0 Å². The van der Waals surface area contributed by atoms with Crippen LogP contribution in [0, 0.1) is 0 Å². The molecule has 0 bridgehead atoms. The number of hydrogen-bond donors (Lipinski definition) is 3. The monoisotopic (exact) mass is 287 g/mol. The largest absolute Gasteiger partial charge is 0.480 e. The Hall–Kier alpha value is -2.12. The zero-order chi connectivity index (χ0) is 15.7. The van der Waals surface area contributed by atoms with Crippen LogP contribution in [0.25, 0.3) is 0 Å². The lowest BCUT2D eigenvalue weighted by Crippen LogP contribution is -2.47. The van der Waals surface area contributed by atoms with Crippen molar-refractivity contribution in [2.75, 3.05) is 19.6 Å². The number of nitrogens with zero attached hydrogens (tertiary/aromatic N) is 1. The summed E-state index contributed by atoms with van der Waals surface area (Å²) < 4.78 is 0. The van der Waals surface area contributed by atoms with Crippen LogP contribution < -0.4 is 10.6 Å². The molecule has 0 heterocycles. The maximum Gasteiger partial charge on any atom is 0.323 e. The van der Waals surface area contributed by atoms with Crippen LogP contribution >= 0.6 is 0 Å². The standard InChI is InChI=1S/C12H21N3O5/c1-4-8(2)15(7-12(19)20)11(18)6-14-10(17)5-13-9(3)16/h8H,4-7H2,1-3H3,(H,13,16)(H,14,17)(H,19,20). The average molecular weight is 287 g/mol. The van der Waals surface area contributed by atoms with Crippen LogP contribution in [0.3, 0.4) is 0 Å². The lowest BCUT2D eigenvalue weighted by atomic mass is 10.2. The molecule has 0 aliphatic heterocycles. The van der Waals surface area contributed by atoms with Gasteiger partial charge in [-0.15, -0.1) is 0 Å². The minimum atomic E-state index is -1.11. The summed E-state index contributed by atoms with van der Waals surface area (Å²) in [5.74, 6) is -2.44. The Morgan fingerprint density at radius 1 is 1.15 bits per heavy atom. The van der Waals surface area contributed by atoms with Crippen LogP contribution in [0.1, 0.15) is 27.2 Å². The van der Waals surface area contributed by atoms with Gasteiger partial charge in [-0.25, -0.2) is 0 Å². The molecule has 1 atom stereocenters. The first-order valence-corrected chi connectivity index (χ1v) is 6.30. The number of hydrogen-bond acceptors (Lipinski definition) is 4. The molecule has 0 aromatic carbocycles. The molecular weight excluding hydrogens is 266 g/mol. The highest BCUT2D eigenvalue weighted by atomic mass is 16.4. The lowest BCUT2D eigenvalue weighted by Gasteiger charge is -2.27. The summed E-state index contributed by atoms with van der Waals surface area (Å²) in [6.45, 7) is 3.93. The Bertz CT molecular complexity index is 383. The molecule has 0 aliphatic carbocycles. The number of nitrogens with one attached hydrogen (secondary N) is 2. The average Bonchev–Trinajstić information content (AvgIpc) is 2.38. The van der Waals surface area contributed by atoms with Gasteiger partial charge in [0.2, 0.25) is 17.7 Å². The Morgan fingerprint density at radius 3 is 2.20 bits per heavy atom. The van der Waals surface area contributed by atoms with Crippen molar-refractivity contribution in [1.29, 1.82) is 0 Å². The van der Waals surface area contributed by atoms with E-state index in [1.54, 1.807) is 6.92 Å². The number of carboxylic acid groups (broad SMARTS) is 1. The maximum atomic E-state index is 11.9. The summed E-state index contributed by atoms with van der Waals surface area (Å²) in [7, 11) is 0. The van der Waals surface area contributed by atoms with E-state index in [0.717, 1.165) is 0 Å². The van der Waals surface area contributed by atoms with E-state index in [1.165, 1.54) is 11.8 Å². The lowest BCUT2D eigenvalue weighted by molar-refractivity contribution is -0.145. The Balaban J connectivity index is 4.35. The molecule has 3 N–H and O–H groups in total. The van der Waals surface area contributed by atoms with E-state index < -0.39 is 24.3 Å². The molecule has 1 unspecified atom stereocenters. The van der Waals surface area contributed by atoms with Gasteiger partial charge < -0.3 is 20.6 Å². The predicted octanol–water partition coefficient (Wildman–Crippen LogP) is -1.05. The van der Waals surface area contributed by atoms with Gasteiger partial charge >= 0.3 is 5.97 Å². The molecule has 0 fully saturated rings. The molecule has 0 radical (unpaired) electrons. The van der Waals surface area contributed by atoms with E-state index in [-0.39, 0.29) is 25.0 Å². The first-order valence-electron chi connectivity index (χ1n) is 6.30. The summed E-state index contributed by atoms with van der Waals surface area (Å²) in [6, 6.07) is -0.231. The molecule has 20 heavy (non-hydrogen) atoms. The highest BCUT2D eigenvalue weighted by Crippen LogP contribution is 2.03. The Morgan fingerprint density at radius 2 is 1.75 bits per heavy atom. The molecule has 0 rings (SSSR count). The second kappa shape index (κ2) is 8.89. The Labute approximate surface area is 117 Å². The number of carbonyl (C=O) groups excluding carboxylic acids is 3. The van der Waals surface area contributed by atoms with E-state index in [0.29, 0.717) is 6.42 Å². The first kappa shape index (κ1) is 17.9. The van der Waals surface area contributed by atoms with Gasteiger partial charge in [-0.05, 0) is 13.3 Å². The Kier molecular flexibility index (Phi) is 7.95. The molecule has 8 heteroatoms. The predicted molar refractivity (Wildman–Crippen MR) is 70.8 cm³/mol. The third kappa shape index (κ3) is 7.34. The molecule has 0 saturated heterocycles. The fourth-order valence-corrected chi connectivity index (χ4v) is 1.40. The van der Waals surface area contributed by atoms with Gasteiger partial charge in [0.1, 0.15) is 6.54 Å². The summed E-state index contributed by atoms with van der Waals surface area (Å²) in [6.07, 6.45) is 0.610. The molecule has 0 saturated carbocycles. The van der Waals surface area contributed by atoms with Gasteiger partial charge in [-0.1, -0.05) is 6.92 Å². The highest BCUT2D eigenvalue weighted by molar-refractivity contribution is 5.89. The van der Waals surface area contributed by atoms with Crippen molar-refractivity contribution in [3.05, 3.63) is 0 Å². The SMILES string of the molecule is CCC(C)N(CC(=O)O)C(=O)CNC(=O)CNC(C)=O. The van der Waals surface area contributed by atoms with Crippen molar-refractivity contribution in [3.63, 3.8) is 0 Å². The van der Waals surface area contributed by atoms with E-state index in [9.17, 15) is 19.2 Å². The van der Waals surface area contributed by atoms with Gasteiger partial charge in [0, 0.05) is 13.0 Å². The molecule has 0 aromatic heterocycles. The van der Waals surface area contributed by atoms with Crippen LogP contribution in [0.5, 0.6) is 0 Å². The van der Waals surface area contributed by atoms with E-state index in [4.69, 9.17) is 5.11 Å².